The van der Waals surface area contributed by atoms with Crippen LogP contribution in [0.5, 0.6) is 0 Å². The van der Waals surface area contributed by atoms with E-state index in [1.807, 2.05) is 6.07 Å². The van der Waals surface area contributed by atoms with Crippen molar-refractivity contribution < 1.29 is 0 Å². The second-order valence-electron chi connectivity index (χ2n) is 3.48. The quantitative estimate of drug-likeness (QED) is 0.753. The zero-order valence-corrected chi connectivity index (χ0v) is 9.79. The fourth-order valence-electron chi connectivity index (χ4n) is 1.63. The van der Waals surface area contributed by atoms with Gasteiger partial charge in [0.05, 0.1) is 12.5 Å². The van der Waals surface area contributed by atoms with E-state index in [-0.39, 0.29) is 0 Å². The largest absolute Gasteiger partial charge is 0.198 e. The molecule has 74 valence electrons. The van der Waals surface area contributed by atoms with Crippen LogP contribution < -0.4 is 0 Å². The lowest BCUT2D eigenvalue weighted by Crippen LogP contribution is -1.83. The predicted molar refractivity (Wildman–Crippen MR) is 65.9 cm³/mol. The molecule has 0 bridgehead atoms. The topological polar surface area (TPSA) is 23.8 Å². The number of rotatable bonds is 2. The lowest BCUT2D eigenvalue weighted by molar-refractivity contribution is 1.27. The van der Waals surface area contributed by atoms with E-state index in [9.17, 15) is 0 Å². The fourth-order valence-corrected chi connectivity index (χ4v) is 1.98. The monoisotopic (exact) mass is 259 g/mol. The van der Waals surface area contributed by atoms with Crippen LogP contribution in [-0.4, -0.2) is 0 Å². The summed E-state index contributed by atoms with van der Waals surface area (Å²) in [6.07, 6.45) is 0.482. The minimum atomic E-state index is 0.482. The summed E-state index contributed by atoms with van der Waals surface area (Å²) in [5, 5.41) is 11.9. The van der Waals surface area contributed by atoms with Gasteiger partial charge in [-0.25, -0.2) is 0 Å². The van der Waals surface area contributed by atoms with Crippen molar-refractivity contribution >= 4 is 26.7 Å². The Balaban J connectivity index is 2.51. The fraction of sp³-hybridized carbons (Fsp3) is 0.154. The summed E-state index contributed by atoms with van der Waals surface area (Å²) >= 11 is 3.44. The van der Waals surface area contributed by atoms with Gasteiger partial charge in [-0.2, -0.15) is 5.26 Å². The summed E-state index contributed by atoms with van der Waals surface area (Å²) in [7, 11) is 0. The van der Waals surface area contributed by atoms with Crippen molar-refractivity contribution in [2.45, 2.75) is 11.8 Å². The van der Waals surface area contributed by atoms with E-state index in [2.05, 4.69) is 52.3 Å². The normalized spacial score (nSPS) is 10.1. The number of hydrogen-bond donors (Lipinski definition) is 0. The molecular weight excluding hydrogens is 250 g/mol. The summed E-state index contributed by atoms with van der Waals surface area (Å²) in [5.74, 6) is 0. The molecule has 2 aromatic rings. The summed E-state index contributed by atoms with van der Waals surface area (Å²) in [4.78, 5) is 0. The molecule has 2 heteroatoms. The molecular formula is C13H10BrN. The molecule has 2 rings (SSSR count). The van der Waals surface area contributed by atoms with Crippen molar-refractivity contribution in [3.63, 3.8) is 0 Å². The maximum absolute atomic E-state index is 8.62. The van der Waals surface area contributed by atoms with Gasteiger partial charge in [0.25, 0.3) is 0 Å². The standard InChI is InChI=1S/C13H10BrN/c14-9-11-2-4-12-7-10(5-6-15)1-3-13(12)8-11/h1-4,7-8H,5,9H2. The van der Waals surface area contributed by atoms with Crippen molar-refractivity contribution in [1.29, 1.82) is 5.26 Å². The smallest absolute Gasteiger partial charge is 0.0669 e. The van der Waals surface area contributed by atoms with E-state index < -0.39 is 0 Å². The van der Waals surface area contributed by atoms with Gasteiger partial charge in [-0.05, 0) is 21.9 Å². The number of alkyl halides is 1. The third-order valence-corrected chi connectivity index (χ3v) is 3.05. The zero-order chi connectivity index (χ0) is 10.7. The Morgan fingerprint density at radius 3 is 2.20 bits per heavy atom. The molecule has 0 unspecified atom stereocenters. The lowest BCUT2D eigenvalue weighted by atomic mass is 10.0. The maximum Gasteiger partial charge on any atom is 0.0669 e. The van der Waals surface area contributed by atoms with E-state index >= 15 is 0 Å². The van der Waals surface area contributed by atoms with E-state index in [0.717, 1.165) is 10.9 Å². The van der Waals surface area contributed by atoms with Crippen LogP contribution in [0.15, 0.2) is 36.4 Å². The summed E-state index contributed by atoms with van der Waals surface area (Å²) in [5.41, 5.74) is 2.35. The highest BCUT2D eigenvalue weighted by Gasteiger charge is 1.97. The van der Waals surface area contributed by atoms with Crippen LogP contribution >= 0.6 is 15.9 Å². The molecule has 0 aliphatic heterocycles. The van der Waals surface area contributed by atoms with E-state index in [0.29, 0.717) is 6.42 Å². The van der Waals surface area contributed by atoms with Crippen molar-refractivity contribution in [1.82, 2.24) is 0 Å². The van der Waals surface area contributed by atoms with Crippen molar-refractivity contribution in [2.24, 2.45) is 0 Å². The van der Waals surface area contributed by atoms with E-state index in [1.54, 1.807) is 0 Å². The molecule has 15 heavy (non-hydrogen) atoms. The number of nitriles is 1. The molecule has 0 saturated heterocycles. The molecule has 0 saturated carbocycles. The van der Waals surface area contributed by atoms with Gasteiger partial charge in [0, 0.05) is 5.33 Å². The second-order valence-corrected chi connectivity index (χ2v) is 4.05. The molecule has 0 fully saturated rings. The first-order chi connectivity index (χ1) is 7.33. The Kier molecular flexibility index (Phi) is 3.03. The Morgan fingerprint density at radius 2 is 1.60 bits per heavy atom. The van der Waals surface area contributed by atoms with Gasteiger partial charge >= 0.3 is 0 Å². The third kappa shape index (κ3) is 2.19. The highest BCUT2D eigenvalue weighted by molar-refractivity contribution is 9.08. The Hall–Kier alpha value is -1.33. The molecule has 0 heterocycles. The third-order valence-electron chi connectivity index (χ3n) is 2.41. The summed E-state index contributed by atoms with van der Waals surface area (Å²) in [6.45, 7) is 0. The molecule has 0 N–H and O–H groups in total. The summed E-state index contributed by atoms with van der Waals surface area (Å²) < 4.78 is 0. The van der Waals surface area contributed by atoms with Crippen LogP contribution in [0, 0.1) is 11.3 Å². The minimum absolute atomic E-state index is 0.482. The van der Waals surface area contributed by atoms with Crippen LogP contribution in [0.4, 0.5) is 0 Å². The first-order valence-corrected chi connectivity index (χ1v) is 5.90. The van der Waals surface area contributed by atoms with Crippen LogP contribution in [0.2, 0.25) is 0 Å². The molecule has 1 nitrogen and oxygen atoms in total. The Bertz CT molecular complexity index is 526. The van der Waals surface area contributed by atoms with Gasteiger partial charge in [0.15, 0.2) is 0 Å². The molecule has 0 atom stereocenters. The predicted octanol–water partition coefficient (Wildman–Crippen LogP) is 3.80. The van der Waals surface area contributed by atoms with E-state index in [4.69, 9.17) is 5.26 Å². The van der Waals surface area contributed by atoms with Gasteiger partial charge in [-0.3, -0.25) is 0 Å². The average molecular weight is 260 g/mol. The summed E-state index contributed by atoms with van der Waals surface area (Å²) in [6, 6.07) is 14.7. The molecule has 2 aromatic carbocycles. The molecule has 0 aliphatic carbocycles. The highest BCUT2D eigenvalue weighted by atomic mass is 79.9. The SMILES string of the molecule is N#CCc1ccc2cc(CBr)ccc2c1. The average Bonchev–Trinajstić information content (AvgIpc) is 2.29. The maximum atomic E-state index is 8.62. The number of nitrogens with zero attached hydrogens (tertiary/aromatic N) is 1. The second kappa shape index (κ2) is 4.46. The van der Waals surface area contributed by atoms with Gasteiger partial charge in [-0.1, -0.05) is 52.3 Å². The molecule has 0 aliphatic rings. The first-order valence-electron chi connectivity index (χ1n) is 4.78. The molecule has 0 aromatic heterocycles. The Morgan fingerprint density at radius 1 is 1.00 bits per heavy atom. The number of fused-ring (bicyclic) bond motifs is 1. The Labute approximate surface area is 97.5 Å². The van der Waals surface area contributed by atoms with Gasteiger partial charge < -0.3 is 0 Å². The van der Waals surface area contributed by atoms with Gasteiger partial charge in [0.2, 0.25) is 0 Å². The van der Waals surface area contributed by atoms with Crippen molar-refractivity contribution in [3.8, 4) is 6.07 Å². The molecule has 0 radical (unpaired) electrons. The number of halogens is 1. The molecule has 0 amide bonds. The van der Waals surface area contributed by atoms with Crippen LogP contribution in [0.1, 0.15) is 11.1 Å². The van der Waals surface area contributed by atoms with Crippen molar-refractivity contribution in [3.05, 3.63) is 47.5 Å². The van der Waals surface area contributed by atoms with Crippen LogP contribution in [-0.2, 0) is 11.8 Å². The van der Waals surface area contributed by atoms with Crippen LogP contribution in [0.25, 0.3) is 10.8 Å². The van der Waals surface area contributed by atoms with Gasteiger partial charge in [-0.15, -0.1) is 0 Å². The highest BCUT2D eigenvalue weighted by Crippen LogP contribution is 2.19. The lowest BCUT2D eigenvalue weighted by Gasteiger charge is -2.02. The van der Waals surface area contributed by atoms with Crippen LogP contribution in [0.3, 0.4) is 0 Å². The zero-order valence-electron chi connectivity index (χ0n) is 8.20. The number of benzene rings is 2. The number of hydrogen-bond acceptors (Lipinski definition) is 1. The van der Waals surface area contributed by atoms with Crippen molar-refractivity contribution in [2.75, 3.05) is 0 Å². The molecule has 0 spiro atoms. The first kappa shape index (κ1) is 10.2. The van der Waals surface area contributed by atoms with E-state index in [1.165, 1.54) is 16.3 Å². The minimum Gasteiger partial charge on any atom is -0.198 e. The van der Waals surface area contributed by atoms with Gasteiger partial charge in [0.1, 0.15) is 0 Å².